The van der Waals surface area contributed by atoms with Crippen LogP contribution in [0.4, 0.5) is 15.8 Å². The van der Waals surface area contributed by atoms with Crippen LogP contribution >= 0.6 is 11.8 Å². The van der Waals surface area contributed by atoms with Crippen molar-refractivity contribution in [2.45, 2.75) is 17.1 Å². The molecule has 0 saturated carbocycles. The first-order chi connectivity index (χ1) is 18.3. The Morgan fingerprint density at radius 1 is 0.737 bits per heavy atom. The molecule has 1 atom stereocenters. The minimum Gasteiger partial charge on any atom is -0.324 e. The van der Waals surface area contributed by atoms with Crippen molar-refractivity contribution in [2.75, 3.05) is 10.6 Å². The van der Waals surface area contributed by atoms with Crippen LogP contribution in [0.15, 0.2) is 95.9 Å². The Hall–Kier alpha value is -4.56. The Kier molecular flexibility index (Phi) is 6.89. The van der Waals surface area contributed by atoms with Crippen LogP contribution in [-0.4, -0.2) is 28.6 Å². The number of ketones is 2. The number of hydrogen-bond acceptors (Lipinski definition) is 5. The number of carbonyl (C=O) groups is 4. The van der Waals surface area contributed by atoms with Crippen LogP contribution in [0.5, 0.6) is 0 Å². The summed E-state index contributed by atoms with van der Waals surface area (Å²) in [6, 6.07) is 24.0. The number of nitrogens with one attached hydrogen (secondary N) is 2. The third-order valence-corrected chi connectivity index (χ3v) is 7.24. The second kappa shape index (κ2) is 10.4. The summed E-state index contributed by atoms with van der Waals surface area (Å²) < 4.78 is 13.8. The molecule has 0 heterocycles. The van der Waals surface area contributed by atoms with Crippen molar-refractivity contribution in [3.63, 3.8) is 0 Å². The highest BCUT2D eigenvalue weighted by atomic mass is 32.2. The fourth-order valence-electron chi connectivity index (χ4n) is 4.20. The fraction of sp³-hybridized carbons (Fsp3) is 0.0667. The molecule has 0 radical (unpaired) electrons. The molecule has 2 N–H and O–H groups in total. The molecule has 2 amide bonds. The minimum absolute atomic E-state index is 0.0528. The van der Waals surface area contributed by atoms with Crippen LogP contribution in [0.3, 0.4) is 0 Å². The van der Waals surface area contributed by atoms with Gasteiger partial charge in [0, 0.05) is 27.3 Å². The fourth-order valence-corrected chi connectivity index (χ4v) is 5.07. The average molecular weight is 525 g/mol. The Morgan fingerprint density at radius 3 is 2.08 bits per heavy atom. The largest absolute Gasteiger partial charge is 0.324 e. The standard InChI is InChI=1S/C30H21FN2O4S/c1-17(38-19-15-13-18(14-16-19)32-30(37)22-9-4-5-11-24(22)31)29(36)33-25-12-6-10-23-26(25)28(35)21-8-3-2-7-20(21)27(23)34/h2-17H,1H3,(H,32,37)(H,33,36). The van der Waals surface area contributed by atoms with Crippen molar-refractivity contribution < 1.29 is 23.6 Å². The Bertz CT molecular complexity index is 1600. The maximum atomic E-state index is 13.8. The lowest BCUT2D eigenvalue weighted by Crippen LogP contribution is -2.27. The minimum atomic E-state index is -0.605. The van der Waals surface area contributed by atoms with Crippen LogP contribution < -0.4 is 10.6 Å². The number of rotatable bonds is 6. The zero-order valence-corrected chi connectivity index (χ0v) is 21.0. The molecule has 0 aromatic heterocycles. The maximum Gasteiger partial charge on any atom is 0.258 e. The summed E-state index contributed by atoms with van der Waals surface area (Å²) in [6.07, 6.45) is 0. The number of fused-ring (bicyclic) bond motifs is 2. The third kappa shape index (κ3) is 4.86. The van der Waals surface area contributed by atoms with E-state index in [2.05, 4.69) is 10.6 Å². The lowest BCUT2D eigenvalue weighted by Gasteiger charge is -2.21. The molecule has 4 aromatic rings. The van der Waals surface area contributed by atoms with Gasteiger partial charge in [-0.15, -0.1) is 11.8 Å². The molecule has 4 aromatic carbocycles. The molecule has 5 rings (SSSR count). The van der Waals surface area contributed by atoms with Gasteiger partial charge in [-0.25, -0.2) is 4.39 Å². The molecule has 188 valence electrons. The Balaban J connectivity index is 1.26. The van der Waals surface area contributed by atoms with Gasteiger partial charge < -0.3 is 10.6 Å². The number of amides is 2. The first kappa shape index (κ1) is 25.1. The molecular formula is C30H21FN2O4S. The van der Waals surface area contributed by atoms with Gasteiger partial charge in [0.05, 0.1) is 22.1 Å². The lowest BCUT2D eigenvalue weighted by molar-refractivity contribution is -0.115. The topological polar surface area (TPSA) is 92.3 Å². The lowest BCUT2D eigenvalue weighted by atomic mass is 9.83. The van der Waals surface area contributed by atoms with E-state index in [1.807, 2.05) is 0 Å². The molecule has 0 bridgehead atoms. The van der Waals surface area contributed by atoms with Crippen molar-refractivity contribution in [1.82, 2.24) is 0 Å². The van der Waals surface area contributed by atoms with Crippen LogP contribution in [0, 0.1) is 5.82 Å². The quantitative estimate of drug-likeness (QED) is 0.267. The highest BCUT2D eigenvalue weighted by Gasteiger charge is 2.32. The van der Waals surface area contributed by atoms with E-state index in [1.54, 1.807) is 79.7 Å². The number of thioether (sulfide) groups is 1. The number of hydrogen-bond donors (Lipinski definition) is 2. The summed E-state index contributed by atoms with van der Waals surface area (Å²) in [6.45, 7) is 1.73. The molecule has 0 spiro atoms. The first-order valence-corrected chi connectivity index (χ1v) is 12.7. The second-order valence-corrected chi connectivity index (χ2v) is 10.1. The number of benzene rings is 4. The van der Waals surface area contributed by atoms with Crippen molar-refractivity contribution in [3.05, 3.63) is 125 Å². The van der Waals surface area contributed by atoms with E-state index in [0.717, 1.165) is 4.90 Å². The van der Waals surface area contributed by atoms with Gasteiger partial charge in [-0.1, -0.05) is 48.5 Å². The van der Waals surface area contributed by atoms with Gasteiger partial charge in [-0.3, -0.25) is 19.2 Å². The van der Waals surface area contributed by atoms with Gasteiger partial charge in [0.25, 0.3) is 5.91 Å². The number of anilines is 2. The second-order valence-electron chi connectivity index (χ2n) is 8.64. The van der Waals surface area contributed by atoms with E-state index < -0.39 is 17.0 Å². The smallest absolute Gasteiger partial charge is 0.258 e. The zero-order valence-electron chi connectivity index (χ0n) is 20.2. The van der Waals surface area contributed by atoms with Crippen molar-refractivity contribution in [2.24, 2.45) is 0 Å². The van der Waals surface area contributed by atoms with Gasteiger partial charge in [-0.05, 0) is 49.4 Å². The molecule has 1 unspecified atom stereocenters. The third-order valence-electron chi connectivity index (χ3n) is 6.12. The van der Waals surface area contributed by atoms with Gasteiger partial charge >= 0.3 is 0 Å². The molecule has 0 aliphatic heterocycles. The number of halogens is 1. The van der Waals surface area contributed by atoms with Crippen LogP contribution in [-0.2, 0) is 4.79 Å². The van der Waals surface area contributed by atoms with E-state index in [9.17, 15) is 23.6 Å². The highest BCUT2D eigenvalue weighted by molar-refractivity contribution is 8.00. The van der Waals surface area contributed by atoms with E-state index >= 15 is 0 Å². The molecule has 0 saturated heterocycles. The Morgan fingerprint density at radius 2 is 1.37 bits per heavy atom. The van der Waals surface area contributed by atoms with Crippen molar-refractivity contribution >= 4 is 46.5 Å². The molecule has 1 aliphatic rings. The van der Waals surface area contributed by atoms with Gasteiger partial charge in [0.1, 0.15) is 5.82 Å². The molecule has 6 nitrogen and oxygen atoms in total. The zero-order chi connectivity index (χ0) is 26.8. The number of carbonyl (C=O) groups excluding carboxylic acids is 4. The summed E-state index contributed by atoms with van der Waals surface area (Å²) in [7, 11) is 0. The predicted octanol–water partition coefficient (Wildman–Crippen LogP) is 5.97. The average Bonchev–Trinajstić information content (AvgIpc) is 2.93. The summed E-state index contributed by atoms with van der Waals surface area (Å²) in [4.78, 5) is 52.2. The molecular weight excluding hydrogens is 503 g/mol. The van der Waals surface area contributed by atoms with Crippen LogP contribution in [0.1, 0.15) is 49.1 Å². The first-order valence-electron chi connectivity index (χ1n) is 11.8. The maximum absolute atomic E-state index is 13.8. The summed E-state index contributed by atoms with van der Waals surface area (Å²) in [5.74, 6) is -2.06. The summed E-state index contributed by atoms with van der Waals surface area (Å²) in [5, 5.41) is 4.92. The molecule has 8 heteroatoms. The predicted molar refractivity (Wildman–Crippen MR) is 144 cm³/mol. The van der Waals surface area contributed by atoms with Crippen LogP contribution in [0.2, 0.25) is 0 Å². The van der Waals surface area contributed by atoms with E-state index in [1.165, 1.54) is 30.0 Å². The van der Waals surface area contributed by atoms with Gasteiger partial charge in [0.2, 0.25) is 5.91 Å². The van der Waals surface area contributed by atoms with Gasteiger partial charge in [0.15, 0.2) is 11.6 Å². The van der Waals surface area contributed by atoms with E-state index in [0.29, 0.717) is 22.5 Å². The van der Waals surface area contributed by atoms with Gasteiger partial charge in [-0.2, -0.15) is 0 Å². The monoisotopic (exact) mass is 524 g/mol. The molecule has 0 fully saturated rings. The highest BCUT2D eigenvalue weighted by Crippen LogP contribution is 2.33. The normalized spacial score (nSPS) is 12.8. The van der Waals surface area contributed by atoms with E-state index in [-0.39, 0.29) is 34.2 Å². The van der Waals surface area contributed by atoms with E-state index in [4.69, 9.17) is 0 Å². The summed E-state index contributed by atoms with van der Waals surface area (Å²) in [5.41, 5.74) is 1.85. The molecule has 38 heavy (non-hydrogen) atoms. The molecule has 1 aliphatic carbocycles. The van der Waals surface area contributed by atoms with Crippen molar-refractivity contribution in [3.8, 4) is 0 Å². The van der Waals surface area contributed by atoms with Crippen LogP contribution in [0.25, 0.3) is 0 Å². The van der Waals surface area contributed by atoms with Crippen molar-refractivity contribution in [1.29, 1.82) is 0 Å². The summed E-state index contributed by atoms with van der Waals surface area (Å²) >= 11 is 1.29. The SMILES string of the molecule is CC(Sc1ccc(NC(=O)c2ccccc2F)cc1)C(=O)Nc1cccc2c1C(=O)c1ccccc1C2=O. The Labute approximate surface area is 222 Å².